The topological polar surface area (TPSA) is 41.1 Å². The van der Waals surface area contributed by atoms with E-state index in [1.165, 1.54) is 19.3 Å². The minimum Gasteiger partial charge on any atom is -0.335 e. The molecule has 1 unspecified atom stereocenters. The van der Waals surface area contributed by atoms with E-state index in [-0.39, 0.29) is 6.03 Å². The SMILES string of the molecule is O=C(NCc1cccc(Br)c1)NC1CC2CC1C2. The van der Waals surface area contributed by atoms with Crippen LogP contribution in [0.2, 0.25) is 0 Å². The summed E-state index contributed by atoms with van der Waals surface area (Å²) in [5.74, 6) is 1.62. The van der Waals surface area contributed by atoms with Gasteiger partial charge in [-0.1, -0.05) is 28.1 Å². The zero-order valence-electron chi connectivity index (χ0n) is 10.2. The normalized spacial score (nSPS) is 28.6. The molecular weight excluding hydrogens is 292 g/mol. The van der Waals surface area contributed by atoms with E-state index in [1.54, 1.807) is 0 Å². The maximum absolute atomic E-state index is 11.8. The lowest BCUT2D eigenvalue weighted by Gasteiger charge is -2.24. The van der Waals surface area contributed by atoms with Gasteiger partial charge in [-0.25, -0.2) is 4.79 Å². The smallest absolute Gasteiger partial charge is 0.315 e. The van der Waals surface area contributed by atoms with E-state index in [0.29, 0.717) is 12.6 Å². The molecule has 1 atom stereocenters. The monoisotopic (exact) mass is 308 g/mol. The number of halogens is 1. The number of urea groups is 1. The predicted molar refractivity (Wildman–Crippen MR) is 74.1 cm³/mol. The first-order chi connectivity index (χ1) is 8.70. The van der Waals surface area contributed by atoms with Crippen LogP contribution >= 0.6 is 15.9 Å². The number of carbonyl (C=O) groups excluding carboxylic acids is 1. The first-order valence-corrected chi connectivity index (χ1v) is 7.29. The molecule has 0 saturated heterocycles. The molecule has 2 amide bonds. The molecule has 0 aliphatic heterocycles. The van der Waals surface area contributed by atoms with Gasteiger partial charge in [-0.2, -0.15) is 0 Å². The Balaban J connectivity index is 1.46. The third-order valence-corrected chi connectivity index (χ3v) is 4.58. The number of fused-ring (bicyclic) bond motifs is 1. The number of amides is 2. The molecule has 0 aromatic heterocycles. The summed E-state index contributed by atoms with van der Waals surface area (Å²) in [5, 5.41) is 6.01. The fourth-order valence-electron chi connectivity index (χ4n) is 3.09. The van der Waals surface area contributed by atoms with E-state index in [0.717, 1.165) is 21.9 Å². The highest BCUT2D eigenvalue weighted by atomic mass is 79.9. The fraction of sp³-hybridized carbons (Fsp3) is 0.500. The molecule has 0 spiro atoms. The lowest BCUT2D eigenvalue weighted by atomic mass is 9.84. The molecule has 3 aliphatic carbocycles. The van der Waals surface area contributed by atoms with Gasteiger partial charge in [0.25, 0.3) is 0 Å². The summed E-state index contributed by atoms with van der Waals surface area (Å²) in [6.07, 6.45) is 3.81. The Morgan fingerprint density at radius 1 is 1.33 bits per heavy atom. The number of hydrogen-bond donors (Lipinski definition) is 2. The second-order valence-corrected chi connectivity index (χ2v) is 6.31. The molecule has 96 valence electrons. The van der Waals surface area contributed by atoms with Gasteiger partial charge in [-0.3, -0.25) is 0 Å². The van der Waals surface area contributed by atoms with Gasteiger partial charge in [-0.05, 0) is 48.8 Å². The van der Waals surface area contributed by atoms with Crippen molar-refractivity contribution in [3.05, 3.63) is 34.3 Å². The van der Waals surface area contributed by atoms with Crippen molar-refractivity contribution >= 4 is 22.0 Å². The maximum atomic E-state index is 11.8. The molecule has 3 aliphatic rings. The van der Waals surface area contributed by atoms with Crippen LogP contribution in [0.25, 0.3) is 0 Å². The van der Waals surface area contributed by atoms with Gasteiger partial charge in [0.2, 0.25) is 0 Å². The van der Waals surface area contributed by atoms with E-state index in [1.807, 2.05) is 24.3 Å². The summed E-state index contributed by atoms with van der Waals surface area (Å²) >= 11 is 3.43. The molecule has 2 bridgehead atoms. The van der Waals surface area contributed by atoms with Crippen LogP contribution in [0.3, 0.4) is 0 Å². The minimum absolute atomic E-state index is 0.0347. The van der Waals surface area contributed by atoms with Gasteiger partial charge in [0.15, 0.2) is 0 Å². The quantitative estimate of drug-likeness (QED) is 0.885. The third-order valence-electron chi connectivity index (χ3n) is 4.09. The van der Waals surface area contributed by atoms with Crippen molar-refractivity contribution in [2.24, 2.45) is 11.8 Å². The minimum atomic E-state index is -0.0347. The summed E-state index contributed by atoms with van der Waals surface area (Å²) in [6, 6.07) is 8.37. The third kappa shape index (κ3) is 2.53. The van der Waals surface area contributed by atoms with Gasteiger partial charge in [0.05, 0.1) is 0 Å². The summed E-state index contributed by atoms with van der Waals surface area (Å²) in [6.45, 7) is 0.575. The van der Waals surface area contributed by atoms with Crippen LogP contribution in [0.4, 0.5) is 4.79 Å². The Kier molecular flexibility index (Phi) is 3.29. The number of carbonyl (C=O) groups is 1. The Labute approximate surface area is 115 Å². The standard InChI is InChI=1S/C14H17BrN2O/c15-12-3-1-2-9(6-12)8-16-14(18)17-13-7-10-4-11(13)5-10/h1-3,6,10-11,13H,4-5,7-8H2,(H2,16,17,18). The van der Waals surface area contributed by atoms with Crippen LogP contribution in [-0.2, 0) is 6.54 Å². The van der Waals surface area contributed by atoms with Crippen molar-refractivity contribution in [1.82, 2.24) is 10.6 Å². The highest BCUT2D eigenvalue weighted by molar-refractivity contribution is 9.10. The highest BCUT2D eigenvalue weighted by Gasteiger charge is 2.44. The fourth-order valence-corrected chi connectivity index (χ4v) is 3.53. The molecule has 3 nitrogen and oxygen atoms in total. The lowest BCUT2D eigenvalue weighted by molar-refractivity contribution is 0.230. The van der Waals surface area contributed by atoms with Crippen LogP contribution in [0.15, 0.2) is 28.7 Å². The van der Waals surface area contributed by atoms with Crippen LogP contribution in [0.5, 0.6) is 0 Å². The molecule has 3 fully saturated rings. The molecule has 18 heavy (non-hydrogen) atoms. The Morgan fingerprint density at radius 2 is 2.17 bits per heavy atom. The maximum Gasteiger partial charge on any atom is 0.315 e. The van der Waals surface area contributed by atoms with E-state index in [9.17, 15) is 4.79 Å². The van der Waals surface area contributed by atoms with Crippen LogP contribution in [-0.4, -0.2) is 12.1 Å². The average molecular weight is 309 g/mol. The van der Waals surface area contributed by atoms with E-state index in [2.05, 4.69) is 26.6 Å². The van der Waals surface area contributed by atoms with E-state index in [4.69, 9.17) is 0 Å². The van der Waals surface area contributed by atoms with Crippen molar-refractivity contribution in [2.75, 3.05) is 0 Å². The summed E-state index contributed by atoms with van der Waals surface area (Å²) in [5.41, 5.74) is 1.11. The largest absolute Gasteiger partial charge is 0.335 e. The molecule has 1 aromatic rings. The molecule has 3 saturated carbocycles. The van der Waals surface area contributed by atoms with Gasteiger partial charge in [0.1, 0.15) is 0 Å². The summed E-state index contributed by atoms with van der Waals surface area (Å²) in [4.78, 5) is 11.8. The number of benzene rings is 1. The summed E-state index contributed by atoms with van der Waals surface area (Å²) < 4.78 is 1.04. The van der Waals surface area contributed by atoms with Crippen molar-refractivity contribution in [3.8, 4) is 0 Å². The predicted octanol–water partition coefficient (Wildman–Crippen LogP) is 3.05. The second kappa shape index (κ2) is 4.92. The second-order valence-electron chi connectivity index (χ2n) is 5.40. The van der Waals surface area contributed by atoms with E-state index >= 15 is 0 Å². The van der Waals surface area contributed by atoms with Crippen LogP contribution in [0, 0.1) is 11.8 Å². The highest BCUT2D eigenvalue weighted by Crippen LogP contribution is 2.48. The van der Waals surface area contributed by atoms with Gasteiger partial charge in [0, 0.05) is 17.1 Å². The zero-order chi connectivity index (χ0) is 12.5. The summed E-state index contributed by atoms with van der Waals surface area (Å²) in [7, 11) is 0. The molecule has 4 rings (SSSR count). The molecular formula is C14H17BrN2O. The average Bonchev–Trinajstić information content (AvgIpc) is 2.84. The zero-order valence-corrected chi connectivity index (χ0v) is 11.7. The first-order valence-electron chi connectivity index (χ1n) is 6.49. The Bertz CT molecular complexity index is 457. The molecule has 0 radical (unpaired) electrons. The van der Waals surface area contributed by atoms with Crippen molar-refractivity contribution in [1.29, 1.82) is 0 Å². The van der Waals surface area contributed by atoms with Crippen LogP contribution < -0.4 is 10.6 Å². The van der Waals surface area contributed by atoms with Gasteiger partial charge < -0.3 is 10.6 Å². The number of nitrogens with one attached hydrogen (secondary N) is 2. The van der Waals surface area contributed by atoms with Crippen molar-refractivity contribution < 1.29 is 4.79 Å². The van der Waals surface area contributed by atoms with Gasteiger partial charge in [-0.15, -0.1) is 0 Å². The molecule has 4 heteroatoms. The number of rotatable bonds is 3. The first kappa shape index (κ1) is 12.0. The van der Waals surface area contributed by atoms with Crippen LogP contribution in [0.1, 0.15) is 24.8 Å². The van der Waals surface area contributed by atoms with E-state index < -0.39 is 0 Å². The molecule has 0 heterocycles. The lowest BCUT2D eigenvalue weighted by Crippen LogP contribution is -2.42. The molecule has 2 N–H and O–H groups in total. The van der Waals surface area contributed by atoms with Crippen molar-refractivity contribution in [3.63, 3.8) is 0 Å². The number of hydrogen-bond acceptors (Lipinski definition) is 1. The Morgan fingerprint density at radius 3 is 2.83 bits per heavy atom. The Hall–Kier alpha value is -1.03. The van der Waals surface area contributed by atoms with Crippen molar-refractivity contribution in [2.45, 2.75) is 31.8 Å². The molecule has 1 aromatic carbocycles. The van der Waals surface area contributed by atoms with Gasteiger partial charge >= 0.3 is 6.03 Å².